The minimum absolute atomic E-state index is 0.0245. The number of hydrogen-bond donors (Lipinski definition) is 1. The Balaban J connectivity index is 1.04. The molecule has 3 amide bonds. The Labute approximate surface area is 230 Å². The summed E-state index contributed by atoms with van der Waals surface area (Å²) in [5.74, 6) is 1.17. The predicted molar refractivity (Wildman–Crippen MR) is 150 cm³/mol. The van der Waals surface area contributed by atoms with Gasteiger partial charge in [0.05, 0.1) is 0 Å². The summed E-state index contributed by atoms with van der Waals surface area (Å²) in [6, 6.07) is 15.9. The number of hydrogen-bond acceptors (Lipinski definition) is 6. The van der Waals surface area contributed by atoms with Gasteiger partial charge in [-0.1, -0.05) is 18.2 Å². The molecule has 9 heteroatoms. The smallest absolute Gasteiger partial charge is 0.254 e. The molecule has 3 saturated heterocycles. The maximum absolute atomic E-state index is 13.1. The Hall–Kier alpha value is -3.43. The molecule has 2 aromatic rings. The van der Waals surface area contributed by atoms with Crippen molar-refractivity contribution in [3.63, 3.8) is 0 Å². The first-order valence-electron chi connectivity index (χ1n) is 14.1. The van der Waals surface area contributed by atoms with Crippen LogP contribution in [0.1, 0.15) is 41.6 Å². The zero-order valence-electron chi connectivity index (χ0n) is 22.8. The van der Waals surface area contributed by atoms with Gasteiger partial charge in [-0.25, -0.2) is 0 Å². The second kappa shape index (κ2) is 12.6. The van der Waals surface area contributed by atoms with E-state index in [1.807, 2.05) is 41.3 Å². The number of nitrogens with zero attached hydrogens (tertiary/aromatic N) is 4. The Bertz CT molecular complexity index is 1180. The third-order valence-corrected chi connectivity index (χ3v) is 7.78. The molecule has 1 atom stereocenters. The van der Waals surface area contributed by atoms with E-state index in [9.17, 15) is 14.4 Å². The molecule has 2 aromatic carbocycles. The van der Waals surface area contributed by atoms with Gasteiger partial charge in [0, 0.05) is 82.5 Å². The van der Waals surface area contributed by atoms with E-state index >= 15 is 0 Å². The average Bonchev–Trinajstić information content (AvgIpc) is 3.56. The molecule has 3 heterocycles. The molecule has 0 aromatic heterocycles. The number of likely N-dealkylation sites (N-methyl/N-ethyl adjacent to an activating group) is 1. The predicted octanol–water partition coefficient (Wildman–Crippen LogP) is 2.36. The average molecular weight is 534 g/mol. The van der Waals surface area contributed by atoms with Crippen molar-refractivity contribution >= 4 is 23.4 Å². The molecule has 39 heavy (non-hydrogen) atoms. The van der Waals surface area contributed by atoms with Gasteiger partial charge in [0.1, 0.15) is 12.4 Å². The van der Waals surface area contributed by atoms with E-state index in [1.165, 1.54) is 5.56 Å². The topological polar surface area (TPSA) is 85.4 Å². The number of anilines is 1. The lowest BCUT2D eigenvalue weighted by molar-refractivity contribution is -0.119. The van der Waals surface area contributed by atoms with E-state index in [4.69, 9.17) is 4.74 Å². The zero-order chi connectivity index (χ0) is 27.2. The second-order valence-electron chi connectivity index (χ2n) is 10.8. The maximum Gasteiger partial charge on any atom is 0.254 e. The maximum atomic E-state index is 13.1. The van der Waals surface area contributed by atoms with Gasteiger partial charge in [0.15, 0.2) is 0 Å². The lowest BCUT2D eigenvalue weighted by atomic mass is 10.1. The van der Waals surface area contributed by atoms with E-state index in [0.717, 1.165) is 63.5 Å². The fourth-order valence-electron chi connectivity index (χ4n) is 5.68. The van der Waals surface area contributed by atoms with Crippen molar-refractivity contribution in [1.82, 2.24) is 20.0 Å². The van der Waals surface area contributed by atoms with Crippen molar-refractivity contribution in [2.45, 2.75) is 38.3 Å². The summed E-state index contributed by atoms with van der Waals surface area (Å²) < 4.78 is 6.06. The summed E-state index contributed by atoms with van der Waals surface area (Å²) >= 11 is 0. The molecule has 1 N–H and O–H groups in total. The van der Waals surface area contributed by atoms with E-state index < -0.39 is 0 Å². The minimum atomic E-state index is 0.0245. The quantitative estimate of drug-likeness (QED) is 0.505. The first kappa shape index (κ1) is 27.1. The lowest BCUT2D eigenvalue weighted by Crippen LogP contribution is -2.49. The Morgan fingerprint density at radius 2 is 1.85 bits per heavy atom. The number of carbonyl (C=O) groups is 3. The molecule has 0 aliphatic carbocycles. The molecule has 3 aliphatic rings. The molecule has 0 radical (unpaired) electrons. The van der Waals surface area contributed by atoms with Gasteiger partial charge in [0.2, 0.25) is 11.8 Å². The highest BCUT2D eigenvalue weighted by Gasteiger charge is 2.25. The van der Waals surface area contributed by atoms with Gasteiger partial charge in [-0.3, -0.25) is 19.3 Å². The summed E-state index contributed by atoms with van der Waals surface area (Å²) in [4.78, 5) is 44.9. The summed E-state index contributed by atoms with van der Waals surface area (Å²) in [5, 5.41) is 3.03. The third-order valence-electron chi connectivity index (χ3n) is 7.78. The van der Waals surface area contributed by atoms with E-state index in [1.54, 1.807) is 4.90 Å². The van der Waals surface area contributed by atoms with Crippen LogP contribution in [0.4, 0.5) is 5.69 Å². The summed E-state index contributed by atoms with van der Waals surface area (Å²) in [6.45, 7) is 6.73. The van der Waals surface area contributed by atoms with Crippen molar-refractivity contribution in [2.75, 3.05) is 64.4 Å². The van der Waals surface area contributed by atoms with E-state index in [-0.39, 0.29) is 23.8 Å². The van der Waals surface area contributed by atoms with Crippen molar-refractivity contribution in [1.29, 1.82) is 0 Å². The number of nitrogens with one attached hydrogen (secondary N) is 1. The first-order valence-corrected chi connectivity index (χ1v) is 14.1. The van der Waals surface area contributed by atoms with Crippen molar-refractivity contribution in [2.24, 2.45) is 0 Å². The van der Waals surface area contributed by atoms with Crippen LogP contribution in [0.25, 0.3) is 0 Å². The number of carbonyl (C=O) groups excluding carboxylic acids is 3. The number of amides is 3. The zero-order valence-corrected chi connectivity index (χ0v) is 22.8. The van der Waals surface area contributed by atoms with Crippen LogP contribution in [0, 0.1) is 0 Å². The molecular weight excluding hydrogens is 494 g/mol. The molecule has 0 spiro atoms. The molecule has 0 saturated carbocycles. The summed E-state index contributed by atoms with van der Waals surface area (Å²) in [5.41, 5.74) is 2.64. The van der Waals surface area contributed by atoms with Crippen LogP contribution in [0.2, 0.25) is 0 Å². The molecule has 0 bridgehead atoms. The van der Waals surface area contributed by atoms with Crippen LogP contribution in [-0.2, 0) is 16.1 Å². The van der Waals surface area contributed by atoms with Gasteiger partial charge in [-0.2, -0.15) is 0 Å². The molecule has 0 unspecified atom stereocenters. The van der Waals surface area contributed by atoms with E-state index in [0.29, 0.717) is 38.1 Å². The van der Waals surface area contributed by atoms with Crippen molar-refractivity contribution < 1.29 is 19.1 Å². The highest BCUT2D eigenvalue weighted by Crippen LogP contribution is 2.23. The summed E-state index contributed by atoms with van der Waals surface area (Å²) in [7, 11) is 2.08. The SMILES string of the molecule is CN(Cc1cccc(OCCN2CCN(C(=O)c3cccc(N4CCCC4=O)c3)CC2)c1)C[C@H]1CCC(=O)N1. The molecule has 5 rings (SSSR count). The lowest BCUT2D eigenvalue weighted by Gasteiger charge is -2.34. The van der Waals surface area contributed by atoms with Gasteiger partial charge < -0.3 is 24.8 Å². The van der Waals surface area contributed by atoms with Crippen molar-refractivity contribution in [3.8, 4) is 5.75 Å². The Morgan fingerprint density at radius 3 is 2.59 bits per heavy atom. The second-order valence-corrected chi connectivity index (χ2v) is 10.8. The summed E-state index contributed by atoms with van der Waals surface area (Å²) in [6.07, 6.45) is 2.98. The Kier molecular flexibility index (Phi) is 8.78. The fourth-order valence-corrected chi connectivity index (χ4v) is 5.68. The first-order chi connectivity index (χ1) is 18.9. The fraction of sp³-hybridized carbons (Fsp3) is 0.500. The molecular formula is C30H39N5O4. The van der Waals surface area contributed by atoms with Gasteiger partial charge in [0.25, 0.3) is 5.91 Å². The normalized spacial score (nSPS) is 20.1. The van der Waals surface area contributed by atoms with Crippen molar-refractivity contribution in [3.05, 3.63) is 59.7 Å². The largest absolute Gasteiger partial charge is 0.492 e. The molecule has 3 aliphatic heterocycles. The van der Waals surface area contributed by atoms with Crippen LogP contribution >= 0.6 is 0 Å². The monoisotopic (exact) mass is 533 g/mol. The molecule has 208 valence electrons. The third kappa shape index (κ3) is 7.16. The minimum Gasteiger partial charge on any atom is -0.492 e. The van der Waals surface area contributed by atoms with Crippen LogP contribution in [-0.4, -0.2) is 97.9 Å². The van der Waals surface area contributed by atoms with Gasteiger partial charge in [-0.05, 0) is 55.8 Å². The number of benzene rings is 2. The number of piperazine rings is 1. The van der Waals surface area contributed by atoms with Crippen LogP contribution in [0.15, 0.2) is 48.5 Å². The van der Waals surface area contributed by atoms with Gasteiger partial charge >= 0.3 is 0 Å². The molecule has 3 fully saturated rings. The molecule has 9 nitrogen and oxygen atoms in total. The highest BCUT2D eigenvalue weighted by molar-refractivity contribution is 5.99. The van der Waals surface area contributed by atoms with Crippen LogP contribution in [0.5, 0.6) is 5.75 Å². The van der Waals surface area contributed by atoms with E-state index in [2.05, 4.69) is 34.3 Å². The van der Waals surface area contributed by atoms with Crippen LogP contribution in [0.3, 0.4) is 0 Å². The standard InChI is InChI=1S/C30H39N5O4/c1-32(22-25-10-11-28(36)31-25)21-23-5-2-8-27(19-23)39-18-17-33-13-15-34(16-14-33)30(38)24-6-3-7-26(20-24)35-12-4-9-29(35)37/h2-3,5-8,19-20,25H,4,9-18,21-22H2,1H3,(H,31,36)/t25-/m1/s1. The van der Waals surface area contributed by atoms with Crippen LogP contribution < -0.4 is 15.0 Å². The Morgan fingerprint density at radius 1 is 1.03 bits per heavy atom. The van der Waals surface area contributed by atoms with Gasteiger partial charge in [-0.15, -0.1) is 0 Å². The highest BCUT2D eigenvalue weighted by atomic mass is 16.5. The number of rotatable bonds is 10. The number of ether oxygens (including phenoxy) is 1.